The lowest BCUT2D eigenvalue weighted by Gasteiger charge is -2.33. The molecule has 2 amide bonds. The topological polar surface area (TPSA) is 58.6 Å². The molecular formula is C25H33FN2O3. The summed E-state index contributed by atoms with van der Waals surface area (Å²) in [5, 5.41) is 2.96. The van der Waals surface area contributed by atoms with Crippen LogP contribution in [0.15, 0.2) is 42.5 Å². The predicted molar refractivity (Wildman–Crippen MR) is 120 cm³/mol. The lowest BCUT2D eigenvalue weighted by molar-refractivity contribution is -0.143. The second kappa shape index (κ2) is 10.4. The van der Waals surface area contributed by atoms with Crippen LogP contribution < -0.4 is 10.1 Å². The Labute approximate surface area is 184 Å². The summed E-state index contributed by atoms with van der Waals surface area (Å²) in [4.78, 5) is 27.7. The van der Waals surface area contributed by atoms with Gasteiger partial charge in [0, 0.05) is 12.1 Å². The highest BCUT2D eigenvalue weighted by Crippen LogP contribution is 2.21. The monoisotopic (exact) mass is 428 g/mol. The molecule has 0 bridgehead atoms. The van der Waals surface area contributed by atoms with Crippen molar-refractivity contribution in [2.45, 2.75) is 66.1 Å². The first-order valence-corrected chi connectivity index (χ1v) is 10.6. The van der Waals surface area contributed by atoms with Crippen molar-refractivity contribution in [3.05, 3.63) is 65.0 Å². The smallest absolute Gasteiger partial charge is 0.261 e. The molecule has 2 aromatic carbocycles. The fourth-order valence-corrected chi connectivity index (χ4v) is 3.26. The van der Waals surface area contributed by atoms with Crippen LogP contribution in [0.4, 0.5) is 4.39 Å². The van der Waals surface area contributed by atoms with E-state index in [4.69, 9.17) is 4.74 Å². The maximum atomic E-state index is 13.3. The van der Waals surface area contributed by atoms with Crippen molar-refractivity contribution in [2.24, 2.45) is 0 Å². The minimum Gasteiger partial charge on any atom is -0.483 e. The molecular weight excluding hydrogens is 395 g/mol. The number of nitrogens with zero attached hydrogens (tertiary/aromatic N) is 1. The van der Waals surface area contributed by atoms with Crippen molar-refractivity contribution in [3.63, 3.8) is 0 Å². The van der Waals surface area contributed by atoms with Crippen molar-refractivity contribution in [3.8, 4) is 5.75 Å². The maximum Gasteiger partial charge on any atom is 0.261 e. The van der Waals surface area contributed by atoms with Gasteiger partial charge in [-0.3, -0.25) is 9.59 Å². The number of rotatable bonds is 8. The molecule has 6 heteroatoms. The molecule has 2 rings (SSSR count). The predicted octanol–water partition coefficient (Wildman–Crippen LogP) is 4.54. The van der Waals surface area contributed by atoms with Crippen molar-refractivity contribution >= 4 is 11.8 Å². The van der Waals surface area contributed by atoms with Gasteiger partial charge in [-0.05, 0) is 75.9 Å². The van der Waals surface area contributed by atoms with Crippen LogP contribution in [0.1, 0.15) is 50.8 Å². The molecule has 0 aliphatic rings. The molecule has 2 aromatic rings. The maximum absolute atomic E-state index is 13.3. The molecule has 0 saturated carbocycles. The Balaban J connectivity index is 2.26. The molecule has 0 radical (unpaired) electrons. The number of aryl methyl sites for hydroxylation is 1. The molecule has 168 valence electrons. The van der Waals surface area contributed by atoms with Gasteiger partial charge in [0.1, 0.15) is 17.6 Å². The van der Waals surface area contributed by atoms with Gasteiger partial charge >= 0.3 is 0 Å². The Morgan fingerprint density at radius 1 is 1.10 bits per heavy atom. The van der Waals surface area contributed by atoms with Gasteiger partial charge < -0.3 is 15.0 Å². The number of carbonyl (C=O) groups is 2. The highest BCUT2D eigenvalue weighted by atomic mass is 19.1. The van der Waals surface area contributed by atoms with Gasteiger partial charge in [0.25, 0.3) is 5.91 Å². The first-order valence-electron chi connectivity index (χ1n) is 10.6. The minimum atomic E-state index is -0.668. The Bertz CT molecular complexity index is 904. The van der Waals surface area contributed by atoms with Gasteiger partial charge in [0.05, 0.1) is 0 Å². The molecule has 1 atom stereocenters. The first kappa shape index (κ1) is 24.4. The molecule has 0 heterocycles. The van der Waals surface area contributed by atoms with Crippen LogP contribution in [-0.4, -0.2) is 34.9 Å². The minimum absolute atomic E-state index is 0.186. The second-order valence-electron chi connectivity index (χ2n) is 8.80. The van der Waals surface area contributed by atoms with Crippen LogP contribution in [0.25, 0.3) is 0 Å². The van der Waals surface area contributed by atoms with E-state index in [1.807, 2.05) is 59.7 Å². The normalized spacial score (nSPS) is 12.2. The van der Waals surface area contributed by atoms with Crippen LogP contribution in [0.5, 0.6) is 5.75 Å². The van der Waals surface area contributed by atoms with E-state index in [1.165, 1.54) is 17.0 Å². The molecule has 0 spiro atoms. The number of ether oxygens (including phenoxy) is 1. The molecule has 5 nitrogen and oxygen atoms in total. The molecule has 0 fully saturated rings. The zero-order valence-corrected chi connectivity index (χ0v) is 19.3. The first-order chi connectivity index (χ1) is 14.5. The van der Waals surface area contributed by atoms with Gasteiger partial charge in [0.2, 0.25) is 5.91 Å². The number of carbonyl (C=O) groups excluding carboxylic acids is 2. The number of hydrogen-bond donors (Lipinski definition) is 1. The number of benzene rings is 2. The van der Waals surface area contributed by atoms with E-state index in [-0.39, 0.29) is 30.8 Å². The summed E-state index contributed by atoms with van der Waals surface area (Å²) in [6, 6.07) is 11.0. The largest absolute Gasteiger partial charge is 0.483 e. The SMILES string of the molecule is CC[C@@H](C(=O)NC(C)(C)C)N(Cc1ccc(F)cc1)C(=O)COc1cccc(C)c1C. The summed E-state index contributed by atoms with van der Waals surface area (Å²) in [7, 11) is 0. The molecule has 0 aliphatic heterocycles. The highest BCUT2D eigenvalue weighted by molar-refractivity contribution is 5.88. The lowest BCUT2D eigenvalue weighted by Crippen LogP contribution is -2.54. The van der Waals surface area contributed by atoms with Gasteiger partial charge in [-0.2, -0.15) is 0 Å². The summed E-state index contributed by atoms with van der Waals surface area (Å²) in [5.41, 5.74) is 2.36. The Morgan fingerprint density at radius 2 is 1.74 bits per heavy atom. The fourth-order valence-electron chi connectivity index (χ4n) is 3.26. The van der Waals surface area contributed by atoms with E-state index in [1.54, 1.807) is 12.1 Å². The highest BCUT2D eigenvalue weighted by Gasteiger charge is 2.31. The zero-order valence-electron chi connectivity index (χ0n) is 19.3. The van der Waals surface area contributed by atoms with Crippen LogP contribution in [0.2, 0.25) is 0 Å². The third-order valence-corrected chi connectivity index (χ3v) is 5.06. The average molecular weight is 429 g/mol. The van der Waals surface area contributed by atoms with Gasteiger partial charge in [-0.15, -0.1) is 0 Å². The van der Waals surface area contributed by atoms with E-state index in [0.717, 1.165) is 16.7 Å². The van der Waals surface area contributed by atoms with E-state index >= 15 is 0 Å². The third-order valence-electron chi connectivity index (χ3n) is 5.06. The zero-order chi connectivity index (χ0) is 23.2. The van der Waals surface area contributed by atoms with E-state index in [9.17, 15) is 14.0 Å². The van der Waals surface area contributed by atoms with Crippen LogP contribution in [0.3, 0.4) is 0 Å². The van der Waals surface area contributed by atoms with Gasteiger partial charge in [-0.1, -0.05) is 31.2 Å². The molecule has 0 aliphatic carbocycles. The van der Waals surface area contributed by atoms with Crippen molar-refractivity contribution < 1.29 is 18.7 Å². The molecule has 0 unspecified atom stereocenters. The van der Waals surface area contributed by atoms with Gasteiger partial charge in [0.15, 0.2) is 6.61 Å². The lowest BCUT2D eigenvalue weighted by atomic mass is 10.1. The van der Waals surface area contributed by atoms with Crippen LogP contribution >= 0.6 is 0 Å². The fraction of sp³-hybridized carbons (Fsp3) is 0.440. The molecule has 31 heavy (non-hydrogen) atoms. The standard InChI is InChI=1S/C25H33FN2O3/c1-7-21(24(30)27-25(4,5)6)28(15-19-11-13-20(26)14-12-19)23(29)16-31-22-10-8-9-17(2)18(22)3/h8-14,21H,7,15-16H2,1-6H3,(H,27,30)/t21-/m0/s1. The third kappa shape index (κ3) is 7.09. The Hall–Kier alpha value is -2.89. The summed E-state index contributed by atoms with van der Waals surface area (Å²) in [6.07, 6.45) is 0.443. The summed E-state index contributed by atoms with van der Waals surface area (Å²) >= 11 is 0. The summed E-state index contributed by atoms with van der Waals surface area (Å²) < 4.78 is 19.1. The average Bonchev–Trinajstić information content (AvgIpc) is 2.69. The summed E-state index contributed by atoms with van der Waals surface area (Å²) in [6.45, 7) is 11.5. The summed E-state index contributed by atoms with van der Waals surface area (Å²) in [5.74, 6) is -0.238. The second-order valence-corrected chi connectivity index (χ2v) is 8.80. The van der Waals surface area contributed by atoms with Crippen molar-refractivity contribution in [1.29, 1.82) is 0 Å². The number of halogens is 1. The number of nitrogens with one attached hydrogen (secondary N) is 1. The molecule has 0 aromatic heterocycles. The molecule has 0 saturated heterocycles. The van der Waals surface area contributed by atoms with E-state index < -0.39 is 11.6 Å². The Morgan fingerprint density at radius 3 is 2.32 bits per heavy atom. The van der Waals surface area contributed by atoms with Gasteiger partial charge in [-0.25, -0.2) is 4.39 Å². The Kier molecular flexibility index (Phi) is 8.20. The quantitative estimate of drug-likeness (QED) is 0.671. The number of hydrogen-bond acceptors (Lipinski definition) is 3. The van der Waals surface area contributed by atoms with Crippen LogP contribution in [0, 0.1) is 19.7 Å². The van der Waals surface area contributed by atoms with Crippen molar-refractivity contribution in [2.75, 3.05) is 6.61 Å². The molecule has 1 N–H and O–H groups in total. The van der Waals surface area contributed by atoms with Crippen LogP contribution in [-0.2, 0) is 16.1 Å². The number of amides is 2. The van der Waals surface area contributed by atoms with E-state index in [0.29, 0.717) is 12.2 Å². The van der Waals surface area contributed by atoms with E-state index in [2.05, 4.69) is 5.32 Å². The van der Waals surface area contributed by atoms with Crippen molar-refractivity contribution in [1.82, 2.24) is 10.2 Å².